The highest BCUT2D eigenvalue weighted by Gasteiger charge is 2.46. The topological polar surface area (TPSA) is 83.4 Å². The highest BCUT2D eigenvalue weighted by Crippen LogP contribution is 2.31. The number of carbonyl (C=O) groups excluding carboxylic acids is 2. The van der Waals surface area contributed by atoms with Crippen LogP contribution >= 0.6 is 0 Å². The molecule has 2 heterocycles. The van der Waals surface area contributed by atoms with Crippen molar-refractivity contribution in [1.82, 2.24) is 0 Å². The van der Waals surface area contributed by atoms with Crippen LogP contribution in [0.3, 0.4) is 0 Å². The average molecular weight is 395 g/mol. The minimum atomic E-state index is -0.669. The Balaban J connectivity index is 1.41. The number of esters is 2. The zero-order valence-corrected chi connectivity index (χ0v) is 15.9. The molecule has 0 aromatic heterocycles. The fraction of sp³-hybridized carbons (Fsp3) is 0.318. The first-order valence-corrected chi connectivity index (χ1v) is 9.45. The van der Waals surface area contributed by atoms with E-state index in [1.54, 1.807) is 55.5 Å². The summed E-state index contributed by atoms with van der Waals surface area (Å²) in [7, 11) is 0. The standard InChI is InChI=1S/C22H21NO6/c1-14-23-19-18(29-21(25)16-10-6-3-7-11-16)12-17(28-22(19)27-14)13-26-20(24)15-8-4-2-5-9-15/h2-11,17-19,22H,12-13H2,1H3. The molecule has 2 aromatic rings. The summed E-state index contributed by atoms with van der Waals surface area (Å²) in [4.78, 5) is 29.1. The van der Waals surface area contributed by atoms with Crippen LogP contribution in [0.5, 0.6) is 0 Å². The van der Waals surface area contributed by atoms with Gasteiger partial charge in [-0.2, -0.15) is 0 Å². The lowest BCUT2D eigenvalue weighted by Gasteiger charge is -2.35. The van der Waals surface area contributed by atoms with Gasteiger partial charge in [0.05, 0.1) is 17.2 Å². The number of hydrogen-bond acceptors (Lipinski definition) is 7. The van der Waals surface area contributed by atoms with E-state index >= 15 is 0 Å². The maximum absolute atomic E-state index is 12.5. The number of benzene rings is 2. The maximum Gasteiger partial charge on any atom is 0.338 e. The van der Waals surface area contributed by atoms with Crippen molar-refractivity contribution in [3.8, 4) is 0 Å². The molecule has 2 aliphatic rings. The Morgan fingerprint density at radius 2 is 1.62 bits per heavy atom. The van der Waals surface area contributed by atoms with Gasteiger partial charge in [-0.05, 0) is 24.3 Å². The van der Waals surface area contributed by atoms with Gasteiger partial charge in [0.25, 0.3) is 0 Å². The Hall–Kier alpha value is -3.19. The second-order valence-electron chi connectivity index (χ2n) is 6.89. The summed E-state index contributed by atoms with van der Waals surface area (Å²) in [6, 6.07) is 17.0. The minimum absolute atomic E-state index is 0.0265. The van der Waals surface area contributed by atoms with Crippen LogP contribution in [-0.2, 0) is 18.9 Å². The predicted molar refractivity (Wildman–Crippen MR) is 104 cm³/mol. The Morgan fingerprint density at radius 1 is 1.00 bits per heavy atom. The summed E-state index contributed by atoms with van der Waals surface area (Å²) in [6.07, 6.45) is -1.34. The molecule has 4 unspecified atom stereocenters. The monoisotopic (exact) mass is 395 g/mol. The van der Waals surface area contributed by atoms with Crippen LogP contribution in [0.1, 0.15) is 34.1 Å². The molecule has 0 N–H and O–H groups in total. The lowest BCUT2D eigenvalue weighted by Crippen LogP contribution is -2.49. The van der Waals surface area contributed by atoms with E-state index in [1.165, 1.54) is 0 Å². The van der Waals surface area contributed by atoms with Gasteiger partial charge in [-0.15, -0.1) is 0 Å². The van der Waals surface area contributed by atoms with Crippen LogP contribution in [0.4, 0.5) is 0 Å². The normalized spacial score (nSPS) is 25.3. The first kappa shape index (κ1) is 19.1. The largest absolute Gasteiger partial charge is 0.459 e. The fourth-order valence-electron chi connectivity index (χ4n) is 3.38. The molecule has 29 heavy (non-hydrogen) atoms. The van der Waals surface area contributed by atoms with E-state index in [-0.39, 0.29) is 6.61 Å². The number of hydrogen-bond donors (Lipinski definition) is 0. The lowest BCUT2D eigenvalue weighted by atomic mass is 10.0. The number of rotatable bonds is 5. The van der Waals surface area contributed by atoms with E-state index < -0.39 is 36.5 Å². The van der Waals surface area contributed by atoms with Gasteiger partial charge in [-0.3, -0.25) is 0 Å². The van der Waals surface area contributed by atoms with Crippen LogP contribution < -0.4 is 0 Å². The van der Waals surface area contributed by atoms with Gasteiger partial charge in [0.2, 0.25) is 6.29 Å². The van der Waals surface area contributed by atoms with Gasteiger partial charge in [0.15, 0.2) is 11.9 Å². The predicted octanol–water partition coefficient (Wildman–Crippen LogP) is 3.00. The molecule has 0 amide bonds. The molecule has 0 spiro atoms. The summed E-state index contributed by atoms with van der Waals surface area (Å²) < 4.78 is 22.6. The Morgan fingerprint density at radius 3 is 2.28 bits per heavy atom. The zero-order valence-electron chi connectivity index (χ0n) is 15.9. The molecule has 4 rings (SSSR count). The number of nitrogens with zero attached hydrogens (tertiary/aromatic N) is 1. The maximum atomic E-state index is 12.5. The first-order chi connectivity index (χ1) is 14.1. The summed E-state index contributed by atoms with van der Waals surface area (Å²) in [5.41, 5.74) is 0.923. The molecule has 150 valence electrons. The molecule has 2 aromatic carbocycles. The highest BCUT2D eigenvalue weighted by molar-refractivity contribution is 5.90. The second kappa shape index (κ2) is 8.45. The van der Waals surface area contributed by atoms with Crippen molar-refractivity contribution in [1.29, 1.82) is 0 Å². The van der Waals surface area contributed by atoms with Gasteiger partial charge in [-0.1, -0.05) is 36.4 Å². The third kappa shape index (κ3) is 4.46. The van der Waals surface area contributed by atoms with Crippen LogP contribution in [0.25, 0.3) is 0 Å². The summed E-state index contributed by atoms with van der Waals surface area (Å²) in [5, 5.41) is 0. The number of carbonyl (C=O) groups is 2. The van der Waals surface area contributed by atoms with E-state index in [0.717, 1.165) is 0 Å². The Bertz CT molecular complexity index is 898. The van der Waals surface area contributed by atoms with Crippen molar-refractivity contribution >= 4 is 17.8 Å². The SMILES string of the molecule is CC1=NC2C(OC(=O)c3ccccc3)CC(COC(=O)c3ccccc3)OC2O1. The van der Waals surface area contributed by atoms with Crippen LogP contribution in [0.15, 0.2) is 65.7 Å². The summed E-state index contributed by atoms with van der Waals surface area (Å²) in [5.74, 6) is -0.396. The second-order valence-corrected chi connectivity index (χ2v) is 6.89. The molecule has 0 aliphatic carbocycles. The Kier molecular flexibility index (Phi) is 5.57. The van der Waals surface area contributed by atoms with E-state index in [4.69, 9.17) is 18.9 Å². The van der Waals surface area contributed by atoms with Crippen molar-refractivity contribution < 1.29 is 28.5 Å². The molecule has 0 bridgehead atoms. The zero-order chi connectivity index (χ0) is 20.2. The summed E-state index contributed by atoms with van der Waals surface area (Å²) in [6.45, 7) is 1.75. The molecule has 0 saturated carbocycles. The van der Waals surface area contributed by atoms with E-state index in [0.29, 0.717) is 23.4 Å². The molecule has 2 aliphatic heterocycles. The molecule has 0 radical (unpaired) electrons. The van der Waals surface area contributed by atoms with Gasteiger partial charge in [0, 0.05) is 13.3 Å². The minimum Gasteiger partial charge on any atom is -0.459 e. The molecule has 1 saturated heterocycles. The highest BCUT2D eigenvalue weighted by atomic mass is 16.7. The molecule has 1 fully saturated rings. The van der Waals surface area contributed by atoms with E-state index in [1.807, 2.05) is 12.1 Å². The number of ether oxygens (including phenoxy) is 4. The third-order valence-corrected chi connectivity index (χ3v) is 4.78. The average Bonchev–Trinajstić information content (AvgIpc) is 3.13. The fourth-order valence-corrected chi connectivity index (χ4v) is 3.38. The molecule has 7 heteroatoms. The van der Waals surface area contributed by atoms with Crippen LogP contribution in [-0.4, -0.2) is 49.0 Å². The van der Waals surface area contributed by atoms with Crippen LogP contribution in [0.2, 0.25) is 0 Å². The van der Waals surface area contributed by atoms with Crippen molar-refractivity contribution in [2.45, 2.75) is 37.9 Å². The van der Waals surface area contributed by atoms with Crippen molar-refractivity contribution in [3.63, 3.8) is 0 Å². The smallest absolute Gasteiger partial charge is 0.338 e. The Labute approximate surface area is 168 Å². The van der Waals surface area contributed by atoms with Gasteiger partial charge >= 0.3 is 11.9 Å². The molecular formula is C22H21NO6. The van der Waals surface area contributed by atoms with Crippen molar-refractivity contribution in [2.24, 2.45) is 4.99 Å². The van der Waals surface area contributed by atoms with E-state index in [9.17, 15) is 9.59 Å². The van der Waals surface area contributed by atoms with Crippen molar-refractivity contribution in [3.05, 3.63) is 71.8 Å². The van der Waals surface area contributed by atoms with Gasteiger partial charge in [-0.25, -0.2) is 14.6 Å². The van der Waals surface area contributed by atoms with E-state index in [2.05, 4.69) is 4.99 Å². The van der Waals surface area contributed by atoms with Crippen molar-refractivity contribution in [2.75, 3.05) is 6.61 Å². The number of aliphatic imine (C=N–C) groups is 1. The number of fused-ring (bicyclic) bond motifs is 1. The molecule has 7 nitrogen and oxygen atoms in total. The molecule has 4 atom stereocenters. The molecular weight excluding hydrogens is 374 g/mol. The quantitative estimate of drug-likeness (QED) is 0.724. The first-order valence-electron chi connectivity index (χ1n) is 9.45. The van der Waals surface area contributed by atoms with Crippen LogP contribution in [0, 0.1) is 0 Å². The third-order valence-electron chi connectivity index (χ3n) is 4.78. The van der Waals surface area contributed by atoms with Gasteiger partial charge in [0.1, 0.15) is 12.7 Å². The lowest BCUT2D eigenvalue weighted by molar-refractivity contribution is -0.190. The summed E-state index contributed by atoms with van der Waals surface area (Å²) >= 11 is 0. The van der Waals surface area contributed by atoms with Gasteiger partial charge < -0.3 is 18.9 Å².